The molecule has 0 saturated carbocycles. The molecule has 1 aromatic rings. The smallest absolute Gasteiger partial charge is 0.165 e. The maximum atomic E-state index is 13.2. The van der Waals surface area contributed by atoms with E-state index in [2.05, 4.69) is 15.9 Å². The third-order valence-electron chi connectivity index (χ3n) is 1.77. The van der Waals surface area contributed by atoms with Crippen molar-refractivity contribution in [2.24, 2.45) is 5.73 Å². The summed E-state index contributed by atoms with van der Waals surface area (Å²) >= 11 is 2.92. The van der Waals surface area contributed by atoms with Gasteiger partial charge in [0.1, 0.15) is 5.75 Å². The molecular weight excluding hydrogens is 256 g/mol. The van der Waals surface area contributed by atoms with E-state index >= 15 is 0 Å². The zero-order valence-corrected chi connectivity index (χ0v) is 9.11. The van der Waals surface area contributed by atoms with Gasteiger partial charge in [0.2, 0.25) is 0 Å². The minimum absolute atomic E-state index is 0.0909. The largest absolute Gasteiger partial charge is 0.506 e. The van der Waals surface area contributed by atoms with Gasteiger partial charge in [-0.2, -0.15) is 0 Å². The summed E-state index contributed by atoms with van der Waals surface area (Å²) < 4.78 is 26.2. The van der Waals surface area contributed by atoms with Gasteiger partial charge < -0.3 is 10.8 Å². The topological polar surface area (TPSA) is 46.2 Å². The van der Waals surface area contributed by atoms with Crippen LogP contribution in [0.3, 0.4) is 0 Å². The van der Waals surface area contributed by atoms with Crippen LogP contribution in [0.1, 0.15) is 12.5 Å². The van der Waals surface area contributed by atoms with E-state index in [1.54, 1.807) is 6.92 Å². The fourth-order valence-electron chi connectivity index (χ4n) is 1.14. The number of benzene rings is 1. The highest BCUT2D eigenvalue weighted by molar-refractivity contribution is 9.10. The van der Waals surface area contributed by atoms with E-state index < -0.39 is 11.6 Å². The Kier molecular flexibility index (Phi) is 3.44. The van der Waals surface area contributed by atoms with Crippen molar-refractivity contribution in [2.75, 3.05) is 0 Å². The first-order chi connectivity index (χ1) is 6.43. The lowest BCUT2D eigenvalue weighted by molar-refractivity contribution is 0.434. The lowest BCUT2D eigenvalue weighted by Gasteiger charge is -2.10. The van der Waals surface area contributed by atoms with Crippen molar-refractivity contribution >= 4 is 15.9 Å². The van der Waals surface area contributed by atoms with Gasteiger partial charge in [-0.05, 0) is 35.3 Å². The summed E-state index contributed by atoms with van der Waals surface area (Å²) in [5.41, 5.74) is 5.36. The normalized spacial score (nSPS) is 12.9. The molecular formula is C9H10BrF2NO. The second-order valence-corrected chi connectivity index (χ2v) is 4.02. The molecule has 1 rings (SSSR count). The Morgan fingerprint density at radius 3 is 2.64 bits per heavy atom. The molecule has 0 saturated heterocycles. The van der Waals surface area contributed by atoms with E-state index in [1.807, 2.05) is 0 Å². The highest BCUT2D eigenvalue weighted by atomic mass is 79.9. The van der Waals surface area contributed by atoms with Gasteiger partial charge in [-0.1, -0.05) is 0 Å². The Labute approximate surface area is 88.9 Å². The van der Waals surface area contributed by atoms with E-state index in [1.165, 1.54) is 0 Å². The van der Waals surface area contributed by atoms with E-state index in [9.17, 15) is 13.9 Å². The first kappa shape index (κ1) is 11.4. The fourth-order valence-corrected chi connectivity index (χ4v) is 1.58. The highest BCUT2D eigenvalue weighted by Gasteiger charge is 2.17. The van der Waals surface area contributed by atoms with Crippen LogP contribution in [0.25, 0.3) is 0 Å². The van der Waals surface area contributed by atoms with Crippen molar-refractivity contribution < 1.29 is 13.9 Å². The summed E-state index contributed by atoms with van der Waals surface area (Å²) in [4.78, 5) is 0. The van der Waals surface area contributed by atoms with Crippen LogP contribution in [0.2, 0.25) is 0 Å². The zero-order chi connectivity index (χ0) is 10.9. The van der Waals surface area contributed by atoms with Gasteiger partial charge in [-0.25, -0.2) is 8.78 Å². The Morgan fingerprint density at radius 1 is 1.57 bits per heavy atom. The standard InChI is InChI=1S/C9H10BrF2NO/c1-4(13)2-5-8(12)7(11)3-6(10)9(5)14/h3-4,14H,2,13H2,1H3. The molecule has 78 valence electrons. The van der Waals surface area contributed by atoms with Crippen molar-refractivity contribution in [2.45, 2.75) is 19.4 Å². The Balaban J connectivity index is 3.25. The van der Waals surface area contributed by atoms with E-state index in [-0.39, 0.29) is 28.2 Å². The number of hydrogen-bond acceptors (Lipinski definition) is 2. The number of phenols is 1. The molecule has 0 aromatic heterocycles. The van der Waals surface area contributed by atoms with Gasteiger partial charge in [0, 0.05) is 11.6 Å². The molecule has 0 aliphatic carbocycles. The first-order valence-corrected chi connectivity index (χ1v) is 4.83. The van der Waals surface area contributed by atoms with Crippen LogP contribution in [0.4, 0.5) is 8.78 Å². The Bertz CT molecular complexity index is 329. The van der Waals surface area contributed by atoms with Crippen molar-refractivity contribution in [3.8, 4) is 5.75 Å². The molecule has 3 N–H and O–H groups in total. The Morgan fingerprint density at radius 2 is 2.14 bits per heavy atom. The van der Waals surface area contributed by atoms with Crippen molar-refractivity contribution in [3.63, 3.8) is 0 Å². The average molecular weight is 266 g/mol. The van der Waals surface area contributed by atoms with Crippen LogP contribution >= 0.6 is 15.9 Å². The lowest BCUT2D eigenvalue weighted by Crippen LogP contribution is -2.19. The molecule has 0 heterocycles. The van der Waals surface area contributed by atoms with Gasteiger partial charge in [0.25, 0.3) is 0 Å². The zero-order valence-electron chi connectivity index (χ0n) is 7.52. The number of nitrogens with two attached hydrogens (primary N) is 1. The second-order valence-electron chi connectivity index (χ2n) is 3.16. The Hall–Kier alpha value is -0.680. The second kappa shape index (κ2) is 4.23. The molecule has 1 aromatic carbocycles. The van der Waals surface area contributed by atoms with Gasteiger partial charge >= 0.3 is 0 Å². The molecule has 0 radical (unpaired) electrons. The van der Waals surface area contributed by atoms with Crippen molar-refractivity contribution in [1.29, 1.82) is 0 Å². The van der Waals surface area contributed by atoms with Crippen LogP contribution in [0, 0.1) is 11.6 Å². The monoisotopic (exact) mass is 265 g/mol. The molecule has 0 aliphatic rings. The molecule has 0 bridgehead atoms. The first-order valence-electron chi connectivity index (χ1n) is 4.04. The third kappa shape index (κ3) is 2.22. The van der Waals surface area contributed by atoms with Gasteiger partial charge in [-0.3, -0.25) is 0 Å². The highest BCUT2D eigenvalue weighted by Crippen LogP contribution is 2.32. The molecule has 1 atom stereocenters. The minimum Gasteiger partial charge on any atom is -0.506 e. The van der Waals surface area contributed by atoms with E-state index in [4.69, 9.17) is 5.73 Å². The predicted molar refractivity (Wildman–Crippen MR) is 53.1 cm³/mol. The number of aromatic hydroxyl groups is 1. The van der Waals surface area contributed by atoms with Crippen LogP contribution in [0.15, 0.2) is 10.5 Å². The van der Waals surface area contributed by atoms with Crippen LogP contribution in [-0.4, -0.2) is 11.1 Å². The number of rotatable bonds is 2. The molecule has 0 fully saturated rings. The summed E-state index contributed by atoms with van der Waals surface area (Å²) in [6, 6.07) is 0.541. The van der Waals surface area contributed by atoms with Crippen molar-refractivity contribution in [1.82, 2.24) is 0 Å². The summed E-state index contributed by atoms with van der Waals surface area (Å²) in [7, 11) is 0. The third-order valence-corrected chi connectivity index (χ3v) is 2.37. The van der Waals surface area contributed by atoms with Crippen LogP contribution in [-0.2, 0) is 6.42 Å². The number of halogens is 3. The van der Waals surface area contributed by atoms with Crippen LogP contribution in [0.5, 0.6) is 5.75 Å². The SMILES string of the molecule is CC(N)Cc1c(O)c(Br)cc(F)c1F. The van der Waals surface area contributed by atoms with Crippen molar-refractivity contribution in [3.05, 3.63) is 27.7 Å². The van der Waals surface area contributed by atoms with Gasteiger partial charge in [0.15, 0.2) is 11.6 Å². The van der Waals surface area contributed by atoms with Gasteiger partial charge in [0.05, 0.1) is 4.47 Å². The lowest BCUT2D eigenvalue weighted by atomic mass is 10.1. The summed E-state index contributed by atoms with van der Waals surface area (Å²) in [5.74, 6) is -2.32. The molecule has 2 nitrogen and oxygen atoms in total. The van der Waals surface area contributed by atoms with Gasteiger partial charge in [-0.15, -0.1) is 0 Å². The quantitative estimate of drug-likeness (QED) is 0.807. The molecule has 0 spiro atoms. The van der Waals surface area contributed by atoms with E-state index in [0.29, 0.717) is 0 Å². The molecule has 0 amide bonds. The average Bonchev–Trinajstić information content (AvgIpc) is 2.09. The maximum absolute atomic E-state index is 13.2. The molecule has 5 heteroatoms. The fraction of sp³-hybridized carbons (Fsp3) is 0.333. The van der Waals surface area contributed by atoms with Crippen LogP contribution < -0.4 is 5.73 Å². The van der Waals surface area contributed by atoms with E-state index in [0.717, 1.165) is 6.07 Å². The number of phenolic OH excluding ortho intramolecular Hbond substituents is 1. The molecule has 0 aliphatic heterocycles. The number of hydrogen-bond donors (Lipinski definition) is 2. The predicted octanol–water partition coefficient (Wildman–Crippen LogP) is 2.32. The summed E-state index contributed by atoms with van der Waals surface area (Å²) in [6.07, 6.45) is 0.0913. The molecule has 14 heavy (non-hydrogen) atoms. The molecule has 1 unspecified atom stereocenters. The minimum atomic E-state index is -1.04. The summed E-state index contributed by atoms with van der Waals surface area (Å²) in [5, 5.41) is 9.44. The maximum Gasteiger partial charge on any atom is 0.165 e. The summed E-state index contributed by atoms with van der Waals surface area (Å²) in [6.45, 7) is 1.65.